The van der Waals surface area contributed by atoms with Gasteiger partial charge >= 0.3 is 6.03 Å². The molecule has 0 saturated carbocycles. The highest BCUT2D eigenvalue weighted by Crippen LogP contribution is 2.29. The van der Waals surface area contributed by atoms with Gasteiger partial charge in [-0.15, -0.1) is 0 Å². The molecule has 4 amide bonds. The van der Waals surface area contributed by atoms with Crippen molar-refractivity contribution in [3.05, 3.63) is 95.8 Å². The highest BCUT2D eigenvalue weighted by Gasteiger charge is 2.50. The molecule has 0 radical (unpaired) electrons. The topological polar surface area (TPSA) is 109 Å². The Morgan fingerprint density at radius 1 is 0.974 bits per heavy atom. The number of hydrogen-bond donors (Lipinski definition) is 2. The van der Waals surface area contributed by atoms with Crippen LogP contribution in [0.25, 0.3) is 0 Å². The second-order valence-corrected chi connectivity index (χ2v) is 9.55. The highest BCUT2D eigenvalue weighted by molar-refractivity contribution is 5.91. The number of nitrogens with one attached hydrogen (secondary N) is 1. The molecule has 1 unspecified atom stereocenters. The lowest BCUT2D eigenvalue weighted by Crippen LogP contribution is -2.76. The van der Waals surface area contributed by atoms with E-state index in [4.69, 9.17) is 0 Å². The summed E-state index contributed by atoms with van der Waals surface area (Å²) >= 11 is 0. The molecular weight excluding hydrogens is 484 g/mol. The molecule has 10 heteroatoms. The molecule has 1 aromatic heterocycles. The number of pyridine rings is 1. The van der Waals surface area contributed by atoms with Crippen LogP contribution < -0.4 is 5.32 Å². The number of rotatable bonds is 6. The lowest BCUT2D eigenvalue weighted by molar-refractivity contribution is -0.187. The predicted octanol–water partition coefficient (Wildman–Crippen LogP) is 1.97. The molecule has 2 N–H and O–H groups in total. The molecule has 0 bridgehead atoms. The van der Waals surface area contributed by atoms with E-state index >= 15 is 0 Å². The largest absolute Gasteiger partial charge is 0.508 e. The van der Waals surface area contributed by atoms with Crippen LogP contribution in [-0.2, 0) is 29.1 Å². The van der Waals surface area contributed by atoms with Crippen molar-refractivity contribution in [2.75, 3.05) is 20.1 Å². The molecule has 2 aliphatic rings. The normalized spacial score (nSPS) is 19.9. The Bertz CT molecular complexity index is 1290. The Hall–Kier alpha value is -4.44. The van der Waals surface area contributed by atoms with E-state index in [-0.39, 0.29) is 43.1 Å². The van der Waals surface area contributed by atoms with Gasteiger partial charge in [-0.05, 0) is 41.0 Å². The standard InChI is InChI=1S/C28H30N6O4/c1-31-19-26(36)33-24(15-20-7-9-23(35)10-8-20)27(37)32(17-22-11-13-29-14-12-22)18-25(33)34(31)28(38)30-16-21-5-3-2-4-6-21/h2-14,24-25,35H,15-19H2,1H3,(H,30,38)/t24-,25?/m0/s1. The van der Waals surface area contributed by atoms with Crippen molar-refractivity contribution < 1.29 is 19.5 Å². The molecule has 196 valence electrons. The maximum absolute atomic E-state index is 13.8. The van der Waals surface area contributed by atoms with E-state index in [0.29, 0.717) is 13.1 Å². The summed E-state index contributed by atoms with van der Waals surface area (Å²) in [6, 6.07) is 18.7. The number of aromatic nitrogens is 1. The number of nitrogens with zero attached hydrogens (tertiary/aromatic N) is 5. The Kier molecular flexibility index (Phi) is 7.23. The highest BCUT2D eigenvalue weighted by atomic mass is 16.3. The van der Waals surface area contributed by atoms with Crippen LogP contribution in [0.3, 0.4) is 0 Å². The van der Waals surface area contributed by atoms with E-state index in [2.05, 4.69) is 10.3 Å². The van der Waals surface area contributed by atoms with Crippen LogP contribution >= 0.6 is 0 Å². The molecular formula is C28H30N6O4. The van der Waals surface area contributed by atoms with Gasteiger partial charge in [0.2, 0.25) is 11.8 Å². The fourth-order valence-corrected chi connectivity index (χ4v) is 5.07. The number of benzene rings is 2. The van der Waals surface area contributed by atoms with Crippen molar-refractivity contribution in [1.82, 2.24) is 30.1 Å². The number of carbonyl (C=O) groups excluding carboxylic acids is 3. The molecule has 2 atom stereocenters. The van der Waals surface area contributed by atoms with Crippen molar-refractivity contribution in [3.63, 3.8) is 0 Å². The summed E-state index contributed by atoms with van der Waals surface area (Å²) in [5.41, 5.74) is 2.66. The minimum atomic E-state index is -0.800. The second-order valence-electron chi connectivity index (χ2n) is 9.55. The monoisotopic (exact) mass is 514 g/mol. The maximum Gasteiger partial charge on any atom is 0.334 e. The van der Waals surface area contributed by atoms with Gasteiger partial charge in [0.05, 0.1) is 13.1 Å². The number of phenols is 1. The number of fused-ring (bicyclic) bond motifs is 1. The van der Waals surface area contributed by atoms with E-state index in [1.54, 1.807) is 63.5 Å². The van der Waals surface area contributed by atoms with E-state index in [9.17, 15) is 19.5 Å². The van der Waals surface area contributed by atoms with Crippen molar-refractivity contribution >= 4 is 17.8 Å². The van der Waals surface area contributed by atoms with Gasteiger partial charge in [0, 0.05) is 39.0 Å². The Labute approximate surface area is 221 Å². The molecule has 3 aromatic rings. The van der Waals surface area contributed by atoms with Gasteiger partial charge in [0.15, 0.2) is 0 Å². The summed E-state index contributed by atoms with van der Waals surface area (Å²) in [5, 5.41) is 15.8. The number of urea groups is 1. The third-order valence-corrected chi connectivity index (χ3v) is 6.92. The van der Waals surface area contributed by atoms with Gasteiger partial charge in [-0.25, -0.2) is 14.8 Å². The van der Waals surface area contributed by atoms with Gasteiger partial charge in [-0.1, -0.05) is 42.5 Å². The number of amides is 4. The first-order valence-corrected chi connectivity index (χ1v) is 12.5. The fourth-order valence-electron chi connectivity index (χ4n) is 5.07. The number of hydrogen-bond acceptors (Lipinski definition) is 6. The van der Waals surface area contributed by atoms with Crippen LogP contribution in [0.15, 0.2) is 79.1 Å². The van der Waals surface area contributed by atoms with Crippen molar-refractivity contribution in [1.29, 1.82) is 0 Å². The molecule has 2 fully saturated rings. The van der Waals surface area contributed by atoms with E-state index in [1.807, 2.05) is 42.5 Å². The zero-order valence-electron chi connectivity index (χ0n) is 21.1. The first-order chi connectivity index (χ1) is 18.4. The number of carbonyl (C=O) groups is 3. The van der Waals surface area contributed by atoms with Gasteiger partial charge < -0.3 is 20.2 Å². The lowest BCUT2D eigenvalue weighted by atomic mass is 9.98. The summed E-state index contributed by atoms with van der Waals surface area (Å²) in [6.07, 6.45) is 2.92. The third-order valence-electron chi connectivity index (χ3n) is 6.92. The molecule has 3 heterocycles. The lowest BCUT2D eigenvalue weighted by Gasteiger charge is -2.54. The molecule has 2 saturated heterocycles. The van der Waals surface area contributed by atoms with Crippen LogP contribution in [0.2, 0.25) is 0 Å². The van der Waals surface area contributed by atoms with Gasteiger partial charge in [-0.2, -0.15) is 0 Å². The first-order valence-electron chi connectivity index (χ1n) is 12.5. The van der Waals surface area contributed by atoms with Gasteiger partial charge in [0.25, 0.3) is 0 Å². The summed E-state index contributed by atoms with van der Waals surface area (Å²) in [6.45, 7) is 0.803. The molecule has 10 nitrogen and oxygen atoms in total. The number of phenolic OH excluding ortho intramolecular Hbond substituents is 1. The molecule has 38 heavy (non-hydrogen) atoms. The maximum atomic E-state index is 13.8. The zero-order valence-corrected chi connectivity index (χ0v) is 21.1. The summed E-state index contributed by atoms with van der Waals surface area (Å²) in [5.74, 6) is -0.281. The fraction of sp³-hybridized carbons (Fsp3) is 0.286. The Morgan fingerprint density at radius 2 is 1.68 bits per heavy atom. The molecule has 2 aliphatic heterocycles. The van der Waals surface area contributed by atoms with E-state index < -0.39 is 12.2 Å². The van der Waals surface area contributed by atoms with E-state index in [1.165, 1.54) is 0 Å². The summed E-state index contributed by atoms with van der Waals surface area (Å²) in [7, 11) is 1.70. The van der Waals surface area contributed by atoms with Crippen LogP contribution in [-0.4, -0.2) is 80.1 Å². The van der Waals surface area contributed by atoms with E-state index in [0.717, 1.165) is 16.7 Å². The Balaban J connectivity index is 1.45. The van der Waals surface area contributed by atoms with Crippen molar-refractivity contribution in [3.8, 4) is 5.75 Å². The minimum Gasteiger partial charge on any atom is -0.508 e. The average Bonchev–Trinajstić information content (AvgIpc) is 2.92. The third kappa shape index (κ3) is 5.30. The second kappa shape index (κ2) is 10.9. The quantitative estimate of drug-likeness (QED) is 0.521. The van der Waals surface area contributed by atoms with Gasteiger partial charge in [-0.3, -0.25) is 14.6 Å². The smallest absolute Gasteiger partial charge is 0.334 e. The van der Waals surface area contributed by atoms with Crippen molar-refractivity contribution in [2.45, 2.75) is 31.7 Å². The van der Waals surface area contributed by atoms with Crippen LogP contribution in [0.4, 0.5) is 4.79 Å². The average molecular weight is 515 g/mol. The number of piperazine rings is 1. The molecule has 0 aliphatic carbocycles. The van der Waals surface area contributed by atoms with Crippen LogP contribution in [0, 0.1) is 0 Å². The summed E-state index contributed by atoms with van der Waals surface area (Å²) in [4.78, 5) is 48.0. The predicted molar refractivity (Wildman–Crippen MR) is 139 cm³/mol. The summed E-state index contributed by atoms with van der Waals surface area (Å²) < 4.78 is 0. The minimum absolute atomic E-state index is 0.0288. The first kappa shape index (κ1) is 25.2. The van der Waals surface area contributed by atoms with Crippen molar-refractivity contribution in [2.24, 2.45) is 0 Å². The number of hydrazine groups is 1. The number of aromatic hydroxyl groups is 1. The van der Waals surface area contributed by atoms with Crippen LogP contribution in [0.5, 0.6) is 5.75 Å². The number of likely N-dealkylation sites (N-methyl/N-ethyl adjacent to an activating group) is 1. The SMILES string of the molecule is CN1CC(=O)N2C(CN(Cc3ccncc3)C(=O)[C@@H]2Cc2ccc(O)cc2)N1C(=O)NCc1ccccc1. The molecule has 5 rings (SSSR count). The molecule has 2 aromatic carbocycles. The van der Waals surface area contributed by atoms with Crippen LogP contribution in [0.1, 0.15) is 16.7 Å². The molecule has 0 spiro atoms. The Morgan fingerprint density at radius 3 is 2.39 bits per heavy atom. The van der Waals surface area contributed by atoms with Gasteiger partial charge in [0.1, 0.15) is 18.0 Å². The zero-order chi connectivity index (χ0) is 26.6.